The van der Waals surface area contributed by atoms with E-state index in [4.69, 9.17) is 10.7 Å². The fourth-order valence-corrected chi connectivity index (χ4v) is 1.65. The summed E-state index contributed by atoms with van der Waals surface area (Å²) in [5, 5.41) is 19.0. The van der Waals surface area contributed by atoms with Gasteiger partial charge in [0.2, 0.25) is 0 Å². The average molecular weight is 272 g/mol. The number of nitrogens with one attached hydrogen (secondary N) is 2. The number of nitrogens with zero attached hydrogens (tertiary/aromatic N) is 2. The van der Waals surface area contributed by atoms with Gasteiger partial charge in [-0.1, -0.05) is 18.2 Å². The fourth-order valence-electron chi connectivity index (χ4n) is 1.65. The number of halogens is 2. The summed E-state index contributed by atoms with van der Waals surface area (Å²) in [6.45, 7) is 0.122. The van der Waals surface area contributed by atoms with Crippen LogP contribution in [-0.2, 0) is 6.54 Å². The predicted molar refractivity (Wildman–Crippen MR) is 70.4 cm³/mol. The summed E-state index contributed by atoms with van der Waals surface area (Å²) in [5.41, 5.74) is 0.0462. The van der Waals surface area contributed by atoms with Crippen molar-refractivity contribution in [3.8, 4) is 6.07 Å². The molecule has 2 rings (SSSR count). The van der Waals surface area contributed by atoms with Crippen LogP contribution in [0.15, 0.2) is 36.5 Å². The molecule has 0 unspecified atom stereocenters. The van der Waals surface area contributed by atoms with Gasteiger partial charge in [-0.15, -0.1) is 0 Å². The van der Waals surface area contributed by atoms with Crippen molar-refractivity contribution >= 4 is 11.5 Å². The predicted octanol–water partition coefficient (Wildman–Crippen LogP) is 2.86. The number of rotatable bonds is 4. The normalized spacial score (nSPS) is 9.85. The molecule has 100 valence electrons. The van der Waals surface area contributed by atoms with Crippen LogP contribution in [0, 0.1) is 28.4 Å². The lowest BCUT2D eigenvalue weighted by molar-refractivity contribution is 0.612. The maximum atomic E-state index is 13.5. The van der Waals surface area contributed by atoms with Crippen LogP contribution >= 0.6 is 0 Å². The number of pyridine rings is 1. The van der Waals surface area contributed by atoms with E-state index in [2.05, 4.69) is 10.3 Å². The second kappa shape index (κ2) is 5.89. The molecule has 20 heavy (non-hydrogen) atoms. The zero-order valence-electron chi connectivity index (χ0n) is 10.3. The van der Waals surface area contributed by atoms with Crippen molar-refractivity contribution in [3.63, 3.8) is 0 Å². The van der Waals surface area contributed by atoms with E-state index >= 15 is 0 Å². The lowest BCUT2D eigenvalue weighted by Crippen LogP contribution is -2.09. The molecule has 2 N–H and O–H groups in total. The number of nitriles is 1. The largest absolute Gasteiger partial charge is 0.365 e. The number of aromatic nitrogens is 1. The van der Waals surface area contributed by atoms with Gasteiger partial charge in [-0.3, -0.25) is 5.41 Å². The number of benzene rings is 1. The molecule has 1 aromatic heterocycles. The molecule has 0 saturated carbocycles. The van der Waals surface area contributed by atoms with Gasteiger partial charge in [-0.25, -0.2) is 13.8 Å². The number of anilines is 1. The zero-order chi connectivity index (χ0) is 14.5. The number of hydrogen-bond acceptors (Lipinski definition) is 4. The summed E-state index contributed by atoms with van der Waals surface area (Å²) in [5.74, 6) is -0.850. The summed E-state index contributed by atoms with van der Waals surface area (Å²) < 4.78 is 26.6. The Balaban J connectivity index is 2.24. The van der Waals surface area contributed by atoms with Gasteiger partial charge in [-0.05, 0) is 12.1 Å². The first-order valence-corrected chi connectivity index (χ1v) is 5.73. The molecule has 0 radical (unpaired) electrons. The van der Waals surface area contributed by atoms with Crippen LogP contribution in [-0.4, -0.2) is 10.7 Å². The Bertz CT molecular complexity index is 692. The molecule has 1 aromatic carbocycles. The SMILES string of the molecule is N#CC(=N)c1cc(F)cnc1NCc1ccccc1F. The second-order valence-corrected chi connectivity index (χ2v) is 3.98. The lowest BCUT2D eigenvalue weighted by atomic mass is 10.1. The topological polar surface area (TPSA) is 72.6 Å². The Morgan fingerprint density at radius 2 is 2.10 bits per heavy atom. The first kappa shape index (κ1) is 13.6. The minimum Gasteiger partial charge on any atom is -0.365 e. The Hall–Kier alpha value is -2.81. The van der Waals surface area contributed by atoms with E-state index in [1.165, 1.54) is 6.07 Å². The molecule has 0 fully saturated rings. The summed E-state index contributed by atoms with van der Waals surface area (Å²) in [6.07, 6.45) is 0.970. The van der Waals surface area contributed by atoms with Crippen LogP contribution in [0.2, 0.25) is 0 Å². The molecule has 0 amide bonds. The van der Waals surface area contributed by atoms with Crippen molar-refractivity contribution in [3.05, 3.63) is 59.3 Å². The Kier molecular flexibility index (Phi) is 4.01. The highest BCUT2D eigenvalue weighted by Crippen LogP contribution is 2.16. The molecule has 4 nitrogen and oxygen atoms in total. The third kappa shape index (κ3) is 2.95. The fraction of sp³-hybridized carbons (Fsp3) is 0.0714. The van der Waals surface area contributed by atoms with Crippen LogP contribution in [0.3, 0.4) is 0 Å². The molecule has 6 heteroatoms. The maximum absolute atomic E-state index is 13.5. The minimum atomic E-state index is -0.642. The first-order chi connectivity index (χ1) is 9.61. The number of hydrogen-bond donors (Lipinski definition) is 2. The van der Waals surface area contributed by atoms with Gasteiger partial charge in [0.05, 0.1) is 11.8 Å². The highest BCUT2D eigenvalue weighted by molar-refractivity contribution is 6.12. The van der Waals surface area contributed by atoms with Gasteiger partial charge >= 0.3 is 0 Å². The highest BCUT2D eigenvalue weighted by Gasteiger charge is 2.11. The molecular formula is C14H10F2N4. The van der Waals surface area contributed by atoms with Crippen LogP contribution in [0.25, 0.3) is 0 Å². The molecule has 0 aliphatic heterocycles. The monoisotopic (exact) mass is 272 g/mol. The van der Waals surface area contributed by atoms with Crippen LogP contribution in [0.1, 0.15) is 11.1 Å². The van der Waals surface area contributed by atoms with Crippen LogP contribution in [0.4, 0.5) is 14.6 Å². The molecule has 0 bridgehead atoms. The molecule has 0 saturated heterocycles. The highest BCUT2D eigenvalue weighted by atomic mass is 19.1. The van der Waals surface area contributed by atoms with E-state index in [0.29, 0.717) is 5.56 Å². The Labute approximate surface area is 114 Å². The van der Waals surface area contributed by atoms with E-state index in [9.17, 15) is 8.78 Å². The van der Waals surface area contributed by atoms with Crippen LogP contribution in [0.5, 0.6) is 0 Å². The molecular weight excluding hydrogens is 262 g/mol. The van der Waals surface area contributed by atoms with Gasteiger partial charge in [0.15, 0.2) is 0 Å². The summed E-state index contributed by atoms with van der Waals surface area (Å²) >= 11 is 0. The van der Waals surface area contributed by atoms with Crippen molar-refractivity contribution < 1.29 is 8.78 Å². The lowest BCUT2D eigenvalue weighted by Gasteiger charge is -2.10. The zero-order valence-corrected chi connectivity index (χ0v) is 10.3. The summed E-state index contributed by atoms with van der Waals surface area (Å²) in [7, 11) is 0. The van der Waals surface area contributed by atoms with Crippen molar-refractivity contribution in [2.75, 3.05) is 5.32 Å². The van der Waals surface area contributed by atoms with Crippen molar-refractivity contribution in [2.45, 2.75) is 6.54 Å². The smallest absolute Gasteiger partial charge is 0.143 e. The van der Waals surface area contributed by atoms with Gasteiger partial charge in [0, 0.05) is 12.1 Å². The van der Waals surface area contributed by atoms with Gasteiger partial charge < -0.3 is 5.32 Å². The van der Waals surface area contributed by atoms with Crippen molar-refractivity contribution in [1.29, 1.82) is 10.7 Å². The molecule has 1 heterocycles. The molecule has 0 aliphatic rings. The van der Waals surface area contributed by atoms with Crippen molar-refractivity contribution in [1.82, 2.24) is 4.98 Å². The first-order valence-electron chi connectivity index (χ1n) is 5.73. The molecule has 0 atom stereocenters. The Morgan fingerprint density at radius 3 is 2.80 bits per heavy atom. The van der Waals surface area contributed by atoms with Crippen molar-refractivity contribution in [2.24, 2.45) is 0 Å². The molecule has 0 spiro atoms. The third-order valence-electron chi connectivity index (χ3n) is 2.64. The Morgan fingerprint density at radius 1 is 1.35 bits per heavy atom. The van der Waals surface area contributed by atoms with Crippen LogP contribution < -0.4 is 5.32 Å². The minimum absolute atomic E-state index is 0.0452. The summed E-state index contributed by atoms with van der Waals surface area (Å²) in [6, 6.07) is 8.86. The van der Waals surface area contributed by atoms with Gasteiger partial charge in [-0.2, -0.15) is 5.26 Å². The third-order valence-corrected chi connectivity index (χ3v) is 2.64. The van der Waals surface area contributed by atoms with E-state index in [0.717, 1.165) is 12.3 Å². The maximum Gasteiger partial charge on any atom is 0.143 e. The quantitative estimate of drug-likeness (QED) is 0.840. The van der Waals surface area contributed by atoms with Gasteiger partial charge in [0.25, 0.3) is 0 Å². The van der Waals surface area contributed by atoms with E-state index in [1.54, 1.807) is 24.3 Å². The molecule has 0 aliphatic carbocycles. The summed E-state index contributed by atoms with van der Waals surface area (Å²) in [4.78, 5) is 3.79. The van der Waals surface area contributed by atoms with E-state index < -0.39 is 11.5 Å². The average Bonchev–Trinajstić information content (AvgIpc) is 2.46. The van der Waals surface area contributed by atoms with Gasteiger partial charge in [0.1, 0.15) is 29.2 Å². The second-order valence-electron chi connectivity index (χ2n) is 3.98. The molecule has 2 aromatic rings. The van der Waals surface area contributed by atoms with E-state index in [1.807, 2.05) is 0 Å². The standard InChI is InChI=1S/C14H10F2N4/c15-10-5-11(13(18)6-17)14(20-8-10)19-7-9-3-1-2-4-12(9)16/h1-5,8,18H,7H2,(H,19,20). The van der Waals surface area contributed by atoms with E-state index in [-0.39, 0.29) is 23.7 Å².